The van der Waals surface area contributed by atoms with Gasteiger partial charge in [0, 0.05) is 24.8 Å². The molecule has 2 aliphatic rings. The van der Waals surface area contributed by atoms with Gasteiger partial charge in [0.15, 0.2) is 17.3 Å². The third-order valence-corrected chi connectivity index (χ3v) is 5.21. The number of ketones is 1. The second kappa shape index (κ2) is 8.36. The molecule has 0 amide bonds. The van der Waals surface area contributed by atoms with Crippen LogP contribution in [0.2, 0.25) is 0 Å². The van der Waals surface area contributed by atoms with Crippen LogP contribution in [0.3, 0.4) is 0 Å². The van der Waals surface area contributed by atoms with Crippen molar-refractivity contribution < 1.29 is 23.9 Å². The number of benzene rings is 2. The van der Waals surface area contributed by atoms with Gasteiger partial charge < -0.3 is 9.47 Å². The van der Waals surface area contributed by atoms with E-state index < -0.39 is 30.5 Å². The highest BCUT2D eigenvalue weighted by Gasteiger charge is 2.34. The molecule has 2 aromatic rings. The fourth-order valence-electron chi connectivity index (χ4n) is 3.72. The predicted molar refractivity (Wildman–Crippen MR) is 110 cm³/mol. The molecule has 4 heteroatoms. The lowest BCUT2D eigenvalue weighted by atomic mass is 9.85. The Hall–Kier alpha value is -2.33. The quantitative estimate of drug-likeness (QED) is 0.739. The van der Waals surface area contributed by atoms with E-state index in [0.717, 1.165) is 0 Å². The van der Waals surface area contributed by atoms with E-state index in [1.165, 1.54) is 14.2 Å². The largest absolute Gasteiger partial charge is 0.493 e. The molecule has 1 atom stereocenters. The summed E-state index contributed by atoms with van der Waals surface area (Å²) >= 11 is 0. The molecule has 1 saturated heterocycles. The summed E-state index contributed by atoms with van der Waals surface area (Å²) in [5.41, 5.74) is 0.507. The van der Waals surface area contributed by atoms with Crippen LogP contribution in [0.4, 0.5) is 0 Å². The van der Waals surface area contributed by atoms with E-state index in [9.17, 15) is 4.79 Å². The van der Waals surface area contributed by atoms with Gasteiger partial charge in [0.25, 0.3) is 0 Å². The molecule has 1 heterocycles. The van der Waals surface area contributed by atoms with Crippen LogP contribution in [0.25, 0.3) is 0 Å². The molecular formula is C24H29NO3. The lowest BCUT2D eigenvalue weighted by Gasteiger charge is -2.32. The summed E-state index contributed by atoms with van der Waals surface area (Å²) in [6.07, 6.45) is -2.03. The second-order valence-electron chi connectivity index (χ2n) is 7.04. The molecule has 1 unspecified atom stereocenters. The number of Topliss-reactive ketones (excluding diaryl/α,β-unsaturated/α-hetero) is 1. The Morgan fingerprint density at radius 1 is 1.14 bits per heavy atom. The van der Waals surface area contributed by atoms with Gasteiger partial charge in [0.2, 0.25) is 0 Å². The maximum Gasteiger partial charge on any atom is 0.166 e. The fraction of sp³-hybridized carbons (Fsp3) is 0.458. The predicted octanol–water partition coefficient (Wildman–Crippen LogP) is 4.36. The van der Waals surface area contributed by atoms with Crippen molar-refractivity contribution in [3.8, 4) is 11.5 Å². The number of likely N-dealkylation sites (tertiary alicyclic amines) is 1. The van der Waals surface area contributed by atoms with Gasteiger partial charge in [-0.15, -0.1) is 0 Å². The smallest absolute Gasteiger partial charge is 0.166 e. The monoisotopic (exact) mass is 386 g/mol. The first kappa shape index (κ1) is 12.3. The Bertz CT molecular complexity index is 1130. The number of ether oxygens (including phenoxy) is 2. The van der Waals surface area contributed by atoms with Crippen LogP contribution in [-0.2, 0) is 12.9 Å². The Morgan fingerprint density at radius 3 is 2.50 bits per heavy atom. The Labute approximate surface area is 177 Å². The van der Waals surface area contributed by atoms with Gasteiger partial charge in [-0.25, -0.2) is 0 Å². The summed E-state index contributed by atoms with van der Waals surface area (Å²) in [4.78, 5) is 15.1. The molecule has 1 fully saturated rings. The van der Waals surface area contributed by atoms with Gasteiger partial charge in [-0.1, -0.05) is 30.3 Å². The van der Waals surface area contributed by atoms with Crippen molar-refractivity contribution in [3.63, 3.8) is 0 Å². The van der Waals surface area contributed by atoms with Crippen LogP contribution in [0.1, 0.15) is 50.3 Å². The first-order valence-corrected chi connectivity index (χ1v) is 9.51. The lowest BCUT2D eigenvalue weighted by molar-refractivity contribution is 0.0895. The summed E-state index contributed by atoms with van der Waals surface area (Å²) < 4.78 is 71.3. The molecule has 4 rings (SSSR count). The first-order valence-electron chi connectivity index (χ1n) is 13.0. The lowest BCUT2D eigenvalue weighted by Crippen LogP contribution is -2.34. The van der Waals surface area contributed by atoms with Crippen LogP contribution in [-0.4, -0.2) is 38.0 Å². The van der Waals surface area contributed by atoms with Crippen LogP contribution >= 0.6 is 0 Å². The van der Waals surface area contributed by atoms with E-state index in [4.69, 9.17) is 19.1 Å². The van der Waals surface area contributed by atoms with Crippen molar-refractivity contribution in [1.82, 2.24) is 4.90 Å². The number of fused-ring (bicyclic) bond motifs is 1. The molecule has 4 nitrogen and oxygen atoms in total. The van der Waals surface area contributed by atoms with Gasteiger partial charge >= 0.3 is 0 Å². The number of hydrogen-bond acceptors (Lipinski definition) is 4. The summed E-state index contributed by atoms with van der Waals surface area (Å²) in [6, 6.07) is 8.35. The highest BCUT2D eigenvalue weighted by Crippen LogP contribution is 2.39. The topological polar surface area (TPSA) is 38.8 Å². The molecule has 2 aromatic carbocycles. The zero-order chi connectivity index (χ0) is 25.8. The Kier molecular flexibility index (Phi) is 3.66. The van der Waals surface area contributed by atoms with Gasteiger partial charge in [-0.05, 0) is 67.9 Å². The standard InChI is InChI=1S/C24H29NO3/c1-27-22-14-19-13-20(24(26)21(19)15-23(22)28-2)12-17-8-10-25(11-9-17)16-18-6-4-3-5-7-18/h3-7,14-15,17,20H,8-13,16H2,1-2H3/i12D2,14D,15D,16D2,20D. The third kappa shape index (κ3) is 3.93. The number of piperidine rings is 1. The van der Waals surface area contributed by atoms with E-state index in [0.29, 0.717) is 5.56 Å². The van der Waals surface area contributed by atoms with Gasteiger partial charge in [-0.2, -0.15) is 0 Å². The molecule has 0 saturated carbocycles. The average Bonchev–Trinajstić information content (AvgIpc) is 3.14. The van der Waals surface area contributed by atoms with Gasteiger partial charge in [-0.3, -0.25) is 9.69 Å². The molecule has 148 valence electrons. The SMILES string of the molecule is [2H]c1c2c(c([2H])c(OC)c1OC)C(=O)C([2H])(C([2H])([2H])C1CCN(C([2H])([2H])c3ccccc3)CC1)C2. The van der Waals surface area contributed by atoms with E-state index in [-0.39, 0.29) is 67.1 Å². The molecule has 1 aliphatic carbocycles. The molecule has 0 N–H and O–H groups in total. The minimum absolute atomic E-state index is 0.00897. The highest BCUT2D eigenvalue weighted by atomic mass is 16.5. The molecule has 1 aliphatic heterocycles. The van der Waals surface area contributed by atoms with Crippen molar-refractivity contribution in [3.05, 3.63) is 59.1 Å². The maximum atomic E-state index is 13.5. The van der Waals surface area contributed by atoms with Crippen molar-refractivity contribution >= 4 is 5.78 Å². The average molecular weight is 387 g/mol. The highest BCUT2D eigenvalue weighted by molar-refractivity contribution is 6.02. The minimum Gasteiger partial charge on any atom is -0.493 e. The van der Waals surface area contributed by atoms with Gasteiger partial charge in [0.1, 0.15) is 0 Å². The fourth-order valence-corrected chi connectivity index (χ4v) is 3.72. The number of carbonyl (C=O) groups is 1. The third-order valence-electron chi connectivity index (χ3n) is 5.21. The molecule has 28 heavy (non-hydrogen) atoms. The maximum absolute atomic E-state index is 13.5. The summed E-state index contributed by atoms with van der Waals surface area (Å²) in [7, 11) is 2.63. The summed E-state index contributed by atoms with van der Waals surface area (Å²) in [5, 5.41) is 0. The van der Waals surface area contributed by atoms with E-state index >= 15 is 0 Å². The van der Waals surface area contributed by atoms with E-state index in [2.05, 4.69) is 0 Å². The Balaban J connectivity index is 1.60. The molecular weight excluding hydrogens is 350 g/mol. The van der Waals surface area contributed by atoms with Crippen molar-refractivity contribution in [2.24, 2.45) is 11.8 Å². The van der Waals surface area contributed by atoms with E-state index in [1.54, 1.807) is 29.2 Å². The van der Waals surface area contributed by atoms with Crippen LogP contribution in [0.15, 0.2) is 42.4 Å². The van der Waals surface area contributed by atoms with Crippen molar-refractivity contribution in [2.45, 2.75) is 32.1 Å². The number of nitrogens with zero attached hydrogens (tertiary/aromatic N) is 1. The normalized spacial score (nSPS) is 27.5. The first-order chi connectivity index (χ1) is 16.4. The summed E-state index contributed by atoms with van der Waals surface area (Å²) in [6.45, 7) is -1.17. The molecule has 0 bridgehead atoms. The van der Waals surface area contributed by atoms with Crippen LogP contribution < -0.4 is 9.47 Å². The summed E-state index contributed by atoms with van der Waals surface area (Å²) in [5.74, 6) is -3.77. The van der Waals surface area contributed by atoms with Crippen LogP contribution in [0, 0.1) is 11.8 Å². The van der Waals surface area contributed by atoms with Crippen molar-refractivity contribution in [1.29, 1.82) is 0 Å². The molecule has 0 aromatic heterocycles. The van der Waals surface area contributed by atoms with E-state index in [1.807, 2.05) is 6.07 Å². The molecule has 0 spiro atoms. The van der Waals surface area contributed by atoms with Gasteiger partial charge in [0.05, 0.1) is 17.0 Å². The Morgan fingerprint density at radius 2 is 1.82 bits per heavy atom. The number of hydrogen-bond donors (Lipinski definition) is 0. The minimum atomic E-state index is -2.26. The van der Waals surface area contributed by atoms with Crippen LogP contribution in [0.5, 0.6) is 11.5 Å². The zero-order valence-corrected chi connectivity index (χ0v) is 16.2. The van der Waals surface area contributed by atoms with Crippen molar-refractivity contribution in [2.75, 3.05) is 27.3 Å². The number of rotatable bonds is 6. The zero-order valence-electron chi connectivity index (χ0n) is 23.2. The number of methoxy groups -OCH3 is 2. The number of carbonyl (C=O) groups excluding carboxylic acids is 1. The molecule has 0 radical (unpaired) electrons. The second-order valence-corrected chi connectivity index (χ2v) is 7.04.